The second-order valence-electron chi connectivity index (χ2n) is 8.08. The van der Waals surface area contributed by atoms with Crippen molar-refractivity contribution >= 4 is 33.9 Å². The van der Waals surface area contributed by atoms with Crippen molar-refractivity contribution in [2.24, 2.45) is 0 Å². The highest BCUT2D eigenvalue weighted by Gasteiger charge is 2.38. The fourth-order valence-electron chi connectivity index (χ4n) is 3.47. The van der Waals surface area contributed by atoms with Gasteiger partial charge in [-0.1, -0.05) is 78.1 Å². The van der Waals surface area contributed by atoms with Crippen molar-refractivity contribution in [2.75, 3.05) is 5.32 Å². The Morgan fingerprint density at radius 1 is 0.897 bits per heavy atom. The van der Waals surface area contributed by atoms with Crippen LogP contribution < -0.4 is 10.6 Å². The number of carboxylic acids is 1. The number of thiazole rings is 1. The number of imidazole rings is 1. The van der Waals surface area contributed by atoms with Gasteiger partial charge in [-0.15, -0.1) is 0 Å². The molecular formula is C27H22F3N5O3S. The summed E-state index contributed by atoms with van der Waals surface area (Å²) in [5.41, 5.74) is 3.40. The summed E-state index contributed by atoms with van der Waals surface area (Å²) in [6.07, 6.45) is -1.37. The SMILES string of the molecule is O=C(NCc1ccccc1)c1nc(-c2cnc(NCc3ccccc3)s2)n2ccccc12.O=C(O)C(F)(F)F. The molecule has 0 aliphatic rings. The molecule has 5 aromatic rings. The summed E-state index contributed by atoms with van der Waals surface area (Å²) in [6, 6.07) is 25.8. The van der Waals surface area contributed by atoms with E-state index in [1.165, 1.54) is 16.9 Å². The van der Waals surface area contributed by atoms with Crippen molar-refractivity contribution < 1.29 is 27.9 Å². The van der Waals surface area contributed by atoms with E-state index in [1.54, 1.807) is 6.20 Å². The Hall–Kier alpha value is -4.71. The first-order chi connectivity index (χ1) is 18.7. The van der Waals surface area contributed by atoms with Gasteiger partial charge in [-0.2, -0.15) is 13.2 Å². The number of benzene rings is 2. The van der Waals surface area contributed by atoms with Crippen LogP contribution >= 0.6 is 11.3 Å². The van der Waals surface area contributed by atoms with Crippen molar-refractivity contribution in [3.8, 4) is 10.7 Å². The molecule has 3 heterocycles. The van der Waals surface area contributed by atoms with Crippen LogP contribution in [-0.2, 0) is 17.9 Å². The minimum Gasteiger partial charge on any atom is -0.475 e. The molecule has 8 nitrogen and oxygen atoms in total. The van der Waals surface area contributed by atoms with Crippen LogP contribution in [0.4, 0.5) is 18.3 Å². The maximum atomic E-state index is 12.9. The number of nitrogens with zero attached hydrogens (tertiary/aromatic N) is 3. The maximum Gasteiger partial charge on any atom is 0.490 e. The van der Waals surface area contributed by atoms with Gasteiger partial charge in [-0.3, -0.25) is 9.20 Å². The molecule has 5 rings (SSSR count). The third-order valence-corrected chi connectivity index (χ3v) is 6.27. The highest BCUT2D eigenvalue weighted by atomic mass is 32.1. The summed E-state index contributed by atoms with van der Waals surface area (Å²) in [7, 11) is 0. The number of carbonyl (C=O) groups excluding carboxylic acids is 1. The Morgan fingerprint density at radius 3 is 2.10 bits per heavy atom. The molecule has 0 fully saturated rings. The second-order valence-corrected chi connectivity index (χ2v) is 9.11. The molecule has 0 saturated carbocycles. The third-order valence-electron chi connectivity index (χ3n) is 5.31. The van der Waals surface area contributed by atoms with Crippen LogP contribution in [0.25, 0.3) is 16.2 Å². The first-order valence-corrected chi connectivity index (χ1v) is 12.4. The first-order valence-electron chi connectivity index (χ1n) is 11.6. The van der Waals surface area contributed by atoms with Gasteiger partial charge in [0, 0.05) is 19.3 Å². The van der Waals surface area contributed by atoms with Crippen LogP contribution in [0, 0.1) is 0 Å². The number of hydrogen-bond acceptors (Lipinski definition) is 6. The number of carboxylic acid groups (broad SMARTS) is 1. The molecule has 3 N–H and O–H groups in total. The molecule has 0 saturated heterocycles. The van der Waals surface area contributed by atoms with Gasteiger partial charge < -0.3 is 15.7 Å². The molecule has 0 bridgehead atoms. The zero-order valence-corrected chi connectivity index (χ0v) is 21.0. The van der Waals surface area contributed by atoms with E-state index in [-0.39, 0.29) is 5.91 Å². The van der Waals surface area contributed by atoms with Crippen LogP contribution in [0.2, 0.25) is 0 Å². The largest absolute Gasteiger partial charge is 0.490 e. The normalized spacial score (nSPS) is 10.9. The van der Waals surface area contributed by atoms with Gasteiger partial charge >= 0.3 is 12.1 Å². The van der Waals surface area contributed by atoms with Gasteiger partial charge in [0.25, 0.3) is 5.91 Å². The number of carbonyl (C=O) groups is 2. The van der Waals surface area contributed by atoms with Crippen LogP contribution in [0.3, 0.4) is 0 Å². The van der Waals surface area contributed by atoms with Crippen molar-refractivity contribution in [2.45, 2.75) is 19.3 Å². The van der Waals surface area contributed by atoms with Gasteiger partial charge in [0.1, 0.15) is 0 Å². The molecule has 39 heavy (non-hydrogen) atoms. The van der Waals surface area contributed by atoms with Gasteiger partial charge in [-0.25, -0.2) is 14.8 Å². The lowest BCUT2D eigenvalue weighted by Gasteiger charge is -2.03. The number of aromatic nitrogens is 3. The summed E-state index contributed by atoms with van der Waals surface area (Å²) in [6.45, 7) is 1.15. The number of pyridine rings is 1. The fourth-order valence-corrected chi connectivity index (χ4v) is 4.27. The molecule has 3 aromatic heterocycles. The van der Waals surface area contributed by atoms with Crippen molar-refractivity contribution in [3.05, 3.63) is 108 Å². The Bertz CT molecular complexity index is 1550. The van der Waals surface area contributed by atoms with E-state index < -0.39 is 12.1 Å². The number of halogens is 3. The average molecular weight is 554 g/mol. The predicted octanol–water partition coefficient (Wildman–Crippen LogP) is 5.63. The average Bonchev–Trinajstić information content (AvgIpc) is 3.56. The van der Waals surface area contributed by atoms with Crippen LogP contribution in [0.1, 0.15) is 21.6 Å². The van der Waals surface area contributed by atoms with E-state index in [4.69, 9.17) is 14.9 Å². The summed E-state index contributed by atoms with van der Waals surface area (Å²) in [4.78, 5) is 31.9. The number of aliphatic carboxylic acids is 1. The van der Waals surface area contributed by atoms with Crippen molar-refractivity contribution in [1.29, 1.82) is 0 Å². The number of amides is 1. The molecule has 200 valence electrons. The molecule has 1 amide bonds. The summed E-state index contributed by atoms with van der Waals surface area (Å²) >= 11 is 1.52. The molecule has 0 atom stereocenters. The standard InChI is InChI=1S/C25H21N5OS.C2HF3O2/c31-24(26-15-18-9-3-1-4-10-18)22-20-13-7-8-14-30(20)23(29-22)21-17-28-25(32-21)27-16-19-11-5-2-6-12-19;3-2(4,5)1(6)7/h1-14,17H,15-16H2,(H,26,31)(H,27,28);(H,6,7). The highest BCUT2D eigenvalue weighted by Crippen LogP contribution is 2.30. The molecule has 0 unspecified atom stereocenters. The molecule has 2 aromatic carbocycles. The van der Waals surface area contributed by atoms with Crippen molar-refractivity contribution in [3.63, 3.8) is 0 Å². The summed E-state index contributed by atoms with van der Waals surface area (Å²) in [5.74, 6) is -2.25. The number of anilines is 1. The molecule has 12 heteroatoms. The minimum atomic E-state index is -5.08. The maximum absolute atomic E-state index is 12.9. The van der Waals surface area contributed by atoms with E-state index in [9.17, 15) is 18.0 Å². The molecule has 0 aliphatic heterocycles. The number of nitrogens with one attached hydrogen (secondary N) is 2. The predicted molar refractivity (Wildman–Crippen MR) is 141 cm³/mol. The van der Waals surface area contributed by atoms with E-state index in [1.807, 2.05) is 77.3 Å². The van der Waals surface area contributed by atoms with Crippen LogP contribution in [-0.4, -0.2) is 37.5 Å². The first kappa shape index (κ1) is 27.3. The number of rotatable bonds is 7. The topological polar surface area (TPSA) is 109 Å². The highest BCUT2D eigenvalue weighted by molar-refractivity contribution is 7.18. The molecule has 0 spiro atoms. The number of fused-ring (bicyclic) bond motifs is 1. The van der Waals surface area contributed by atoms with E-state index in [2.05, 4.69) is 27.8 Å². The Morgan fingerprint density at radius 2 is 1.49 bits per heavy atom. The van der Waals surface area contributed by atoms with Gasteiger partial charge in [0.15, 0.2) is 16.6 Å². The second kappa shape index (κ2) is 12.2. The summed E-state index contributed by atoms with van der Waals surface area (Å²) in [5, 5.41) is 14.3. The Balaban J connectivity index is 0.000000448. The van der Waals surface area contributed by atoms with Crippen molar-refractivity contribution in [1.82, 2.24) is 19.7 Å². The lowest BCUT2D eigenvalue weighted by molar-refractivity contribution is -0.192. The van der Waals surface area contributed by atoms with Crippen LogP contribution in [0.15, 0.2) is 91.3 Å². The Kier molecular flexibility index (Phi) is 8.56. The van der Waals surface area contributed by atoms with E-state index in [0.29, 0.717) is 24.6 Å². The number of alkyl halides is 3. The number of hydrogen-bond donors (Lipinski definition) is 3. The monoisotopic (exact) mass is 553 g/mol. The Labute approximate surface area is 224 Å². The minimum absolute atomic E-state index is 0.198. The fraction of sp³-hybridized carbons (Fsp3) is 0.111. The smallest absolute Gasteiger partial charge is 0.475 e. The summed E-state index contributed by atoms with van der Waals surface area (Å²) < 4.78 is 33.7. The van der Waals surface area contributed by atoms with Gasteiger partial charge in [0.05, 0.1) is 16.6 Å². The van der Waals surface area contributed by atoms with E-state index in [0.717, 1.165) is 21.1 Å². The molecule has 0 radical (unpaired) electrons. The zero-order chi connectivity index (χ0) is 27.8. The third kappa shape index (κ3) is 7.20. The zero-order valence-electron chi connectivity index (χ0n) is 20.2. The van der Waals surface area contributed by atoms with Gasteiger partial charge in [-0.05, 0) is 23.3 Å². The molecule has 0 aliphatic carbocycles. The van der Waals surface area contributed by atoms with Gasteiger partial charge in [0.2, 0.25) is 0 Å². The van der Waals surface area contributed by atoms with E-state index >= 15 is 0 Å². The lowest BCUT2D eigenvalue weighted by Crippen LogP contribution is -2.23. The molecular weight excluding hydrogens is 531 g/mol. The quantitative estimate of drug-likeness (QED) is 0.241. The van der Waals surface area contributed by atoms with Crippen LogP contribution in [0.5, 0.6) is 0 Å². The lowest BCUT2D eigenvalue weighted by atomic mass is 10.2.